The van der Waals surface area contributed by atoms with Gasteiger partial charge in [0.2, 0.25) is 11.1 Å². The zero-order chi connectivity index (χ0) is 28.8. The van der Waals surface area contributed by atoms with E-state index in [1.165, 1.54) is 7.05 Å². The molecule has 3 aromatic rings. The molecule has 0 radical (unpaired) electrons. The van der Waals surface area contributed by atoms with Crippen LogP contribution in [0.5, 0.6) is 0 Å². The second-order valence-electron chi connectivity index (χ2n) is 7.31. The van der Waals surface area contributed by atoms with Gasteiger partial charge in [0.15, 0.2) is 0 Å². The van der Waals surface area contributed by atoms with E-state index in [4.69, 9.17) is 5.73 Å². The summed E-state index contributed by atoms with van der Waals surface area (Å²) in [7, 11) is 1.32. The molecule has 0 bridgehead atoms. The number of tetrazole rings is 1. The first kappa shape index (κ1) is 28.6. The fraction of sp³-hybridized carbons (Fsp3) is 0.278. The highest BCUT2D eigenvalue weighted by molar-refractivity contribution is 7.99. The predicted molar refractivity (Wildman–Crippen MR) is 108 cm³/mol. The molecule has 0 aliphatic rings. The number of hydrogen-bond acceptors (Lipinski definition) is 8. The molecule has 3 rings (SSSR count). The Hall–Kier alpha value is -3.97. The van der Waals surface area contributed by atoms with E-state index < -0.39 is 68.9 Å². The van der Waals surface area contributed by atoms with Crippen molar-refractivity contribution in [3.63, 3.8) is 0 Å². The van der Waals surface area contributed by atoms with Crippen LogP contribution in [0.2, 0.25) is 0 Å². The van der Waals surface area contributed by atoms with E-state index in [0.717, 1.165) is 4.68 Å². The summed E-state index contributed by atoms with van der Waals surface area (Å²) < 4.78 is 123. The van der Waals surface area contributed by atoms with Gasteiger partial charge in [-0.05, 0) is 28.3 Å². The van der Waals surface area contributed by atoms with Gasteiger partial charge < -0.3 is 5.73 Å². The van der Waals surface area contributed by atoms with Crippen molar-refractivity contribution in [1.82, 2.24) is 25.2 Å². The molecule has 204 valence electrons. The molecule has 2 heterocycles. The smallest absolute Gasteiger partial charge is 0.366 e. The van der Waals surface area contributed by atoms with E-state index in [1.54, 1.807) is 0 Å². The third-order valence-corrected chi connectivity index (χ3v) is 6.04. The van der Waals surface area contributed by atoms with Gasteiger partial charge in [0.25, 0.3) is 5.69 Å². The number of nitrogens with zero attached hydrogens (tertiary/aromatic N) is 6. The van der Waals surface area contributed by atoms with E-state index in [2.05, 4.69) is 20.5 Å². The summed E-state index contributed by atoms with van der Waals surface area (Å²) in [4.78, 5) is 25.1. The molecule has 2 N–H and O–H groups in total. The van der Waals surface area contributed by atoms with Gasteiger partial charge in [0.05, 0.1) is 10.5 Å². The normalized spacial score (nSPS) is 12.7. The van der Waals surface area contributed by atoms with E-state index in [-0.39, 0.29) is 22.3 Å². The van der Waals surface area contributed by atoms with Crippen molar-refractivity contribution in [3.05, 3.63) is 51.5 Å². The first-order valence-electron chi connectivity index (χ1n) is 9.53. The number of halogens is 9. The lowest BCUT2D eigenvalue weighted by atomic mass is 9.97. The van der Waals surface area contributed by atoms with Crippen LogP contribution in [0.25, 0.3) is 11.3 Å². The molecule has 1 amide bonds. The topological polar surface area (TPSA) is 143 Å². The second kappa shape index (κ2) is 9.72. The Morgan fingerprint density at radius 3 is 2.26 bits per heavy atom. The lowest BCUT2D eigenvalue weighted by Crippen LogP contribution is -2.56. The zero-order valence-electron chi connectivity index (χ0n) is 18.2. The number of rotatable bonds is 9. The van der Waals surface area contributed by atoms with Gasteiger partial charge in [-0.2, -0.15) is 26.3 Å². The molecular formula is C18H10F9N7O3S. The molecular weight excluding hydrogens is 565 g/mol. The fourth-order valence-corrected chi connectivity index (χ4v) is 3.89. The van der Waals surface area contributed by atoms with E-state index >= 15 is 0 Å². The van der Waals surface area contributed by atoms with Gasteiger partial charge in [-0.25, -0.2) is 17.9 Å². The molecule has 0 saturated heterocycles. The van der Waals surface area contributed by atoms with Gasteiger partial charge in [0.1, 0.15) is 11.5 Å². The van der Waals surface area contributed by atoms with Crippen molar-refractivity contribution in [1.29, 1.82) is 0 Å². The number of nitro groups is 1. The largest absolute Gasteiger partial charge is 0.382 e. The Morgan fingerprint density at radius 2 is 1.79 bits per heavy atom. The zero-order valence-corrected chi connectivity index (χ0v) is 19.0. The SMILES string of the molecule is Cn1nnnc1Sc1c(C(N)=O)cc([N+](=O)[O-])cc1-c1ncc(C(F)(F)C(F)(F)C(F)(F)C(F)F)cc1F. The van der Waals surface area contributed by atoms with Crippen LogP contribution < -0.4 is 5.73 Å². The number of primary amides is 1. The maximum atomic E-state index is 15.0. The average Bonchev–Trinajstić information content (AvgIpc) is 3.22. The summed E-state index contributed by atoms with van der Waals surface area (Å²) >= 11 is 0.493. The van der Waals surface area contributed by atoms with Crippen molar-refractivity contribution in [2.45, 2.75) is 34.2 Å². The van der Waals surface area contributed by atoms with Gasteiger partial charge >= 0.3 is 24.2 Å². The van der Waals surface area contributed by atoms with E-state index in [9.17, 15) is 54.4 Å². The number of hydrogen-bond donors (Lipinski definition) is 1. The van der Waals surface area contributed by atoms with Crippen LogP contribution in [-0.2, 0) is 13.0 Å². The molecule has 0 fully saturated rings. The Balaban J connectivity index is 2.25. The number of benzene rings is 1. The minimum Gasteiger partial charge on any atom is -0.366 e. The average molecular weight is 575 g/mol. The van der Waals surface area contributed by atoms with E-state index in [1.807, 2.05) is 0 Å². The lowest BCUT2D eigenvalue weighted by Gasteiger charge is -2.32. The van der Waals surface area contributed by atoms with Crippen molar-refractivity contribution in [3.8, 4) is 11.3 Å². The summed E-state index contributed by atoms with van der Waals surface area (Å²) in [6, 6.07) is 0.922. The third kappa shape index (κ3) is 4.70. The number of aromatic nitrogens is 5. The van der Waals surface area contributed by atoms with Gasteiger partial charge in [-0.3, -0.25) is 19.9 Å². The highest BCUT2D eigenvalue weighted by Crippen LogP contribution is 2.53. The molecule has 10 nitrogen and oxygen atoms in total. The molecule has 1 aromatic carbocycles. The second-order valence-corrected chi connectivity index (χ2v) is 8.28. The third-order valence-electron chi connectivity index (χ3n) is 4.87. The van der Waals surface area contributed by atoms with Crippen LogP contribution in [0.4, 0.5) is 45.2 Å². The molecule has 2 aromatic heterocycles. The maximum Gasteiger partial charge on any atom is 0.382 e. The molecule has 0 unspecified atom stereocenters. The number of amides is 1. The number of non-ortho nitro benzene ring substituents is 1. The number of carbonyl (C=O) groups excluding carboxylic acids is 1. The van der Waals surface area contributed by atoms with Crippen LogP contribution >= 0.6 is 11.8 Å². The minimum atomic E-state index is -6.69. The molecule has 0 atom stereocenters. The lowest BCUT2D eigenvalue weighted by molar-refractivity contribution is -0.384. The van der Waals surface area contributed by atoms with Gasteiger partial charge in [0, 0.05) is 41.4 Å². The van der Waals surface area contributed by atoms with E-state index in [0.29, 0.717) is 23.9 Å². The van der Waals surface area contributed by atoms with Crippen LogP contribution in [-0.4, -0.2) is 54.3 Å². The Morgan fingerprint density at radius 1 is 1.16 bits per heavy atom. The predicted octanol–water partition coefficient (Wildman–Crippen LogP) is 4.20. The highest BCUT2D eigenvalue weighted by atomic mass is 32.2. The minimum absolute atomic E-state index is 0.0972. The number of aryl methyl sites for hydroxylation is 1. The first-order chi connectivity index (χ1) is 17.4. The van der Waals surface area contributed by atoms with Crippen LogP contribution in [0.3, 0.4) is 0 Å². The molecule has 0 aliphatic carbocycles. The van der Waals surface area contributed by atoms with Gasteiger partial charge in [-0.1, -0.05) is 0 Å². The molecule has 38 heavy (non-hydrogen) atoms. The Labute approximate surface area is 208 Å². The fourth-order valence-electron chi connectivity index (χ4n) is 2.92. The van der Waals surface area contributed by atoms with Crippen molar-refractivity contribution >= 4 is 23.4 Å². The van der Waals surface area contributed by atoms with Crippen molar-refractivity contribution in [2.24, 2.45) is 12.8 Å². The number of pyridine rings is 1. The first-order valence-corrected chi connectivity index (χ1v) is 10.4. The van der Waals surface area contributed by atoms with Crippen LogP contribution in [0.1, 0.15) is 15.9 Å². The summed E-state index contributed by atoms with van der Waals surface area (Å²) in [6.45, 7) is 0. The van der Waals surface area contributed by atoms with Crippen molar-refractivity contribution < 1.29 is 49.2 Å². The number of alkyl halides is 8. The maximum absolute atomic E-state index is 15.0. The highest BCUT2D eigenvalue weighted by Gasteiger charge is 2.76. The van der Waals surface area contributed by atoms with Crippen LogP contribution in [0, 0.1) is 15.9 Å². The number of nitrogens with two attached hydrogens (primary N) is 1. The quantitative estimate of drug-likeness (QED) is 0.227. The Kier molecular flexibility index (Phi) is 7.32. The number of nitro benzene ring substituents is 1. The van der Waals surface area contributed by atoms with Crippen LogP contribution in [0.15, 0.2) is 34.4 Å². The summed E-state index contributed by atoms with van der Waals surface area (Å²) in [5.41, 5.74) is -0.135. The number of carbonyl (C=O) groups is 1. The molecule has 0 spiro atoms. The molecule has 20 heteroatoms. The standard InChI is InChI=1S/C18H10F9N7O3S/c1-33-15(30-31-32-33)38-12-8(3-7(34(36)37)4-9(12)13(28)35)11-10(19)2-6(5-29-11)16(22,23)18(26,27)17(24,25)14(20)21/h2-5,14H,1H3,(H2,28,35). The Bertz CT molecular complexity index is 1420. The summed E-state index contributed by atoms with van der Waals surface area (Å²) in [5.74, 6) is -22.5. The summed E-state index contributed by atoms with van der Waals surface area (Å²) in [6.07, 6.45) is -5.41. The monoisotopic (exact) mass is 575 g/mol. The molecule has 0 aliphatic heterocycles. The molecule has 0 saturated carbocycles. The summed E-state index contributed by atoms with van der Waals surface area (Å²) in [5, 5.41) is 21.7. The van der Waals surface area contributed by atoms with Crippen molar-refractivity contribution in [2.75, 3.05) is 0 Å². The van der Waals surface area contributed by atoms with Gasteiger partial charge in [-0.15, -0.1) is 5.10 Å².